The standard InChI is InChI=1S/C19H24N6O/c1-13-11-25(12-14(2)26-13)19-22-17(16-10-21-24(3)18(16)23-19)20-9-15-7-5-4-6-8-15/h4-8,10,13-14H,9,11-12H2,1-3H3,(H,20,22,23)/t13-,14-/m0/s1. The topological polar surface area (TPSA) is 68.1 Å². The molecule has 136 valence electrons. The maximum atomic E-state index is 5.84. The SMILES string of the molecule is C[C@H]1CN(c2nc(NCc3ccccc3)c3cnn(C)c3n2)C[C@H](C)O1. The van der Waals surface area contributed by atoms with Gasteiger partial charge in [0.15, 0.2) is 5.65 Å². The quantitative estimate of drug-likeness (QED) is 0.778. The number of morpholine rings is 1. The summed E-state index contributed by atoms with van der Waals surface area (Å²) >= 11 is 0. The zero-order valence-corrected chi connectivity index (χ0v) is 15.4. The van der Waals surface area contributed by atoms with Gasteiger partial charge in [-0.25, -0.2) is 0 Å². The molecule has 1 saturated heterocycles. The third-order valence-corrected chi connectivity index (χ3v) is 4.59. The summed E-state index contributed by atoms with van der Waals surface area (Å²) in [6.07, 6.45) is 2.13. The van der Waals surface area contributed by atoms with E-state index < -0.39 is 0 Å². The van der Waals surface area contributed by atoms with Crippen LogP contribution in [0.25, 0.3) is 11.0 Å². The van der Waals surface area contributed by atoms with Crippen LogP contribution < -0.4 is 10.2 Å². The fourth-order valence-electron chi connectivity index (χ4n) is 3.41. The molecule has 1 fully saturated rings. The highest BCUT2D eigenvalue weighted by Crippen LogP contribution is 2.25. The van der Waals surface area contributed by atoms with E-state index in [1.807, 2.05) is 31.4 Å². The molecule has 0 radical (unpaired) electrons. The Kier molecular flexibility index (Phi) is 4.46. The third-order valence-electron chi connectivity index (χ3n) is 4.59. The highest BCUT2D eigenvalue weighted by atomic mass is 16.5. The van der Waals surface area contributed by atoms with E-state index in [2.05, 4.69) is 41.3 Å². The summed E-state index contributed by atoms with van der Waals surface area (Å²) in [4.78, 5) is 11.8. The van der Waals surface area contributed by atoms with Gasteiger partial charge in [-0.15, -0.1) is 0 Å². The van der Waals surface area contributed by atoms with E-state index >= 15 is 0 Å². The highest BCUT2D eigenvalue weighted by Gasteiger charge is 2.25. The van der Waals surface area contributed by atoms with Gasteiger partial charge in [-0.3, -0.25) is 4.68 Å². The van der Waals surface area contributed by atoms with Crippen LogP contribution in [0.3, 0.4) is 0 Å². The van der Waals surface area contributed by atoms with Gasteiger partial charge < -0.3 is 15.0 Å². The van der Waals surface area contributed by atoms with Crippen LogP contribution in [0.4, 0.5) is 11.8 Å². The van der Waals surface area contributed by atoms with E-state index in [1.54, 1.807) is 4.68 Å². The van der Waals surface area contributed by atoms with Crippen molar-refractivity contribution in [2.75, 3.05) is 23.3 Å². The van der Waals surface area contributed by atoms with E-state index in [9.17, 15) is 0 Å². The van der Waals surface area contributed by atoms with Gasteiger partial charge in [0.2, 0.25) is 5.95 Å². The number of rotatable bonds is 4. The molecule has 1 aliphatic heterocycles. The number of nitrogens with one attached hydrogen (secondary N) is 1. The van der Waals surface area contributed by atoms with Crippen molar-refractivity contribution in [2.24, 2.45) is 7.05 Å². The monoisotopic (exact) mass is 352 g/mol. The fourth-order valence-corrected chi connectivity index (χ4v) is 3.41. The van der Waals surface area contributed by atoms with Gasteiger partial charge in [-0.2, -0.15) is 15.1 Å². The molecule has 7 heteroatoms. The Balaban J connectivity index is 1.67. The predicted octanol–water partition coefficient (Wildman–Crippen LogP) is 2.59. The molecule has 3 heterocycles. The Morgan fingerprint density at radius 1 is 1.12 bits per heavy atom. The van der Waals surface area contributed by atoms with Crippen molar-refractivity contribution < 1.29 is 4.74 Å². The molecule has 4 rings (SSSR count). The minimum Gasteiger partial charge on any atom is -0.372 e. The Bertz CT molecular complexity index is 884. The number of benzene rings is 1. The van der Waals surface area contributed by atoms with Crippen LogP contribution in [0, 0.1) is 0 Å². The molecule has 0 aliphatic carbocycles. The molecule has 3 aromatic rings. The summed E-state index contributed by atoms with van der Waals surface area (Å²) in [5.41, 5.74) is 2.04. The van der Waals surface area contributed by atoms with Gasteiger partial charge in [-0.1, -0.05) is 30.3 Å². The molecule has 1 aliphatic rings. The Morgan fingerprint density at radius 3 is 2.58 bits per heavy atom. The van der Waals surface area contributed by atoms with E-state index in [-0.39, 0.29) is 12.2 Å². The van der Waals surface area contributed by atoms with Crippen molar-refractivity contribution in [3.63, 3.8) is 0 Å². The second-order valence-electron chi connectivity index (χ2n) is 6.88. The number of nitrogens with zero attached hydrogens (tertiary/aromatic N) is 5. The van der Waals surface area contributed by atoms with Crippen molar-refractivity contribution in [2.45, 2.75) is 32.6 Å². The van der Waals surface area contributed by atoms with E-state index in [1.165, 1.54) is 5.56 Å². The lowest BCUT2D eigenvalue weighted by Crippen LogP contribution is -2.46. The normalized spacial score (nSPS) is 20.5. The largest absolute Gasteiger partial charge is 0.372 e. The van der Waals surface area contributed by atoms with Gasteiger partial charge in [-0.05, 0) is 19.4 Å². The molecule has 0 amide bonds. The molecular weight excluding hydrogens is 328 g/mol. The zero-order chi connectivity index (χ0) is 18.1. The average Bonchev–Trinajstić information content (AvgIpc) is 3.01. The molecule has 2 aromatic heterocycles. The molecule has 7 nitrogen and oxygen atoms in total. The van der Waals surface area contributed by atoms with Gasteiger partial charge in [0, 0.05) is 26.7 Å². The van der Waals surface area contributed by atoms with Crippen LogP contribution in [-0.4, -0.2) is 45.0 Å². The predicted molar refractivity (Wildman–Crippen MR) is 102 cm³/mol. The minimum atomic E-state index is 0.158. The summed E-state index contributed by atoms with van der Waals surface area (Å²) in [6, 6.07) is 10.3. The number of fused-ring (bicyclic) bond motifs is 1. The second kappa shape index (κ2) is 6.92. The van der Waals surface area contributed by atoms with E-state index in [0.717, 1.165) is 35.9 Å². The van der Waals surface area contributed by atoms with Crippen LogP contribution in [-0.2, 0) is 18.3 Å². The van der Waals surface area contributed by atoms with Crippen molar-refractivity contribution in [1.82, 2.24) is 19.7 Å². The maximum absolute atomic E-state index is 5.84. The van der Waals surface area contributed by atoms with E-state index in [4.69, 9.17) is 14.7 Å². The molecule has 2 atom stereocenters. The Morgan fingerprint density at radius 2 is 1.85 bits per heavy atom. The van der Waals surface area contributed by atoms with Crippen LogP contribution in [0.2, 0.25) is 0 Å². The summed E-state index contributed by atoms with van der Waals surface area (Å²) in [6.45, 7) is 6.44. The maximum Gasteiger partial charge on any atom is 0.229 e. The van der Waals surface area contributed by atoms with Crippen molar-refractivity contribution >= 4 is 22.8 Å². The van der Waals surface area contributed by atoms with Crippen LogP contribution in [0.1, 0.15) is 19.4 Å². The molecule has 1 N–H and O–H groups in total. The molecule has 0 bridgehead atoms. The highest BCUT2D eigenvalue weighted by molar-refractivity contribution is 5.87. The Labute approximate surface area is 153 Å². The molecule has 1 aromatic carbocycles. The van der Waals surface area contributed by atoms with Crippen LogP contribution in [0.5, 0.6) is 0 Å². The average molecular weight is 352 g/mol. The van der Waals surface area contributed by atoms with Gasteiger partial charge in [0.1, 0.15) is 5.82 Å². The van der Waals surface area contributed by atoms with Crippen LogP contribution in [0.15, 0.2) is 36.5 Å². The summed E-state index contributed by atoms with van der Waals surface area (Å²) in [5, 5.41) is 8.75. The smallest absolute Gasteiger partial charge is 0.229 e. The number of aromatic nitrogens is 4. The second-order valence-corrected chi connectivity index (χ2v) is 6.88. The number of hydrogen-bond donors (Lipinski definition) is 1. The Hall–Kier alpha value is -2.67. The minimum absolute atomic E-state index is 0.158. The summed E-state index contributed by atoms with van der Waals surface area (Å²) in [7, 11) is 1.91. The lowest BCUT2D eigenvalue weighted by Gasteiger charge is -2.35. The summed E-state index contributed by atoms with van der Waals surface area (Å²) < 4.78 is 7.63. The van der Waals surface area contributed by atoms with Gasteiger partial charge >= 0.3 is 0 Å². The van der Waals surface area contributed by atoms with Gasteiger partial charge in [0.05, 0.1) is 23.8 Å². The third kappa shape index (κ3) is 3.35. The van der Waals surface area contributed by atoms with Gasteiger partial charge in [0.25, 0.3) is 0 Å². The first-order valence-corrected chi connectivity index (χ1v) is 8.98. The summed E-state index contributed by atoms with van der Waals surface area (Å²) in [5.74, 6) is 1.53. The van der Waals surface area contributed by atoms with Crippen LogP contribution >= 0.6 is 0 Å². The fraction of sp³-hybridized carbons (Fsp3) is 0.421. The number of aryl methyl sites for hydroxylation is 1. The number of hydrogen-bond acceptors (Lipinski definition) is 6. The molecule has 0 spiro atoms. The number of anilines is 2. The first-order chi connectivity index (χ1) is 12.6. The van der Waals surface area contributed by atoms with E-state index in [0.29, 0.717) is 6.54 Å². The molecule has 0 unspecified atom stereocenters. The first-order valence-electron chi connectivity index (χ1n) is 8.98. The molecule has 26 heavy (non-hydrogen) atoms. The lowest BCUT2D eigenvalue weighted by molar-refractivity contribution is -0.00569. The first kappa shape index (κ1) is 16.8. The molecular formula is C19H24N6O. The molecule has 0 saturated carbocycles. The number of ether oxygens (including phenoxy) is 1. The van der Waals surface area contributed by atoms with Crippen molar-refractivity contribution in [3.8, 4) is 0 Å². The van der Waals surface area contributed by atoms with Crippen molar-refractivity contribution in [3.05, 3.63) is 42.1 Å². The van der Waals surface area contributed by atoms with Crippen molar-refractivity contribution in [1.29, 1.82) is 0 Å². The zero-order valence-electron chi connectivity index (χ0n) is 15.4. The lowest BCUT2D eigenvalue weighted by atomic mass is 10.2.